The van der Waals surface area contributed by atoms with Gasteiger partial charge >= 0.3 is 11.6 Å². The van der Waals surface area contributed by atoms with E-state index in [2.05, 4.69) is 4.74 Å². The van der Waals surface area contributed by atoms with Crippen molar-refractivity contribution in [3.8, 4) is 5.75 Å². The van der Waals surface area contributed by atoms with Crippen LogP contribution in [0.3, 0.4) is 0 Å². The first kappa shape index (κ1) is 18.2. The van der Waals surface area contributed by atoms with Crippen LogP contribution in [0.4, 0.5) is 0 Å². The van der Waals surface area contributed by atoms with Crippen molar-refractivity contribution < 1.29 is 23.5 Å². The van der Waals surface area contributed by atoms with Gasteiger partial charge in [-0.05, 0) is 25.5 Å². The van der Waals surface area contributed by atoms with Crippen molar-refractivity contribution >= 4 is 17.8 Å². The first-order valence-corrected chi connectivity index (χ1v) is 7.54. The van der Waals surface area contributed by atoms with Crippen molar-refractivity contribution in [1.82, 2.24) is 0 Å². The van der Waals surface area contributed by atoms with Gasteiger partial charge in [0.05, 0.1) is 7.11 Å². The van der Waals surface area contributed by atoms with Gasteiger partial charge in [-0.3, -0.25) is 4.79 Å². The maximum atomic E-state index is 12.4. The van der Waals surface area contributed by atoms with Crippen LogP contribution in [0, 0.1) is 13.8 Å². The number of methoxy groups -OCH3 is 1. The normalized spacial score (nSPS) is 10.7. The van der Waals surface area contributed by atoms with E-state index in [9.17, 15) is 14.4 Å². The molecular weight excluding hydrogens is 324 g/mol. The summed E-state index contributed by atoms with van der Waals surface area (Å²) >= 11 is 0. The molecule has 0 aliphatic rings. The molecule has 0 saturated heterocycles. The van der Waals surface area contributed by atoms with Gasteiger partial charge in [-0.25, -0.2) is 9.59 Å². The maximum absolute atomic E-state index is 12.4. The van der Waals surface area contributed by atoms with Crippen LogP contribution in [0.5, 0.6) is 5.75 Å². The van der Waals surface area contributed by atoms with Crippen LogP contribution >= 0.6 is 0 Å². The molecule has 25 heavy (non-hydrogen) atoms. The monoisotopic (exact) mass is 342 g/mol. The molecule has 1 aromatic carbocycles. The van der Waals surface area contributed by atoms with E-state index < -0.39 is 24.0 Å². The minimum atomic E-state index is -0.821. The molecule has 0 bridgehead atoms. The number of hydrogen-bond donors (Lipinski definition) is 0. The average molecular weight is 342 g/mol. The zero-order valence-corrected chi connectivity index (χ0v) is 14.2. The number of ketones is 1. The Kier molecular flexibility index (Phi) is 5.89. The Bertz CT molecular complexity index is 876. The summed E-state index contributed by atoms with van der Waals surface area (Å²) in [5.41, 5.74) is 0.783. The van der Waals surface area contributed by atoms with E-state index in [1.165, 1.54) is 19.3 Å². The molecule has 0 N–H and O–H groups in total. The molecule has 1 aromatic heterocycles. The second-order valence-electron chi connectivity index (χ2n) is 5.36. The highest BCUT2D eigenvalue weighted by Crippen LogP contribution is 2.18. The van der Waals surface area contributed by atoms with Crippen LogP contribution in [-0.2, 0) is 9.53 Å². The standard InChI is InChI=1S/C19H18O6/c1-12-5-4-6-14(9-12)7-8-15(20)18-16(24-11-17(21)23-3)10-13(2)25-19(18)22/h4-10H,11H2,1-3H3/b8-7+. The van der Waals surface area contributed by atoms with Gasteiger partial charge in [0.1, 0.15) is 17.1 Å². The topological polar surface area (TPSA) is 82.8 Å². The van der Waals surface area contributed by atoms with Crippen molar-refractivity contribution in [2.45, 2.75) is 13.8 Å². The van der Waals surface area contributed by atoms with Crippen LogP contribution in [0.1, 0.15) is 27.2 Å². The molecule has 0 aliphatic heterocycles. The first-order valence-electron chi connectivity index (χ1n) is 7.54. The van der Waals surface area contributed by atoms with Gasteiger partial charge in [-0.1, -0.05) is 35.9 Å². The minimum absolute atomic E-state index is 0.0157. The molecule has 0 fully saturated rings. The summed E-state index contributed by atoms with van der Waals surface area (Å²) in [6.07, 6.45) is 2.86. The van der Waals surface area contributed by atoms with E-state index in [1.807, 2.05) is 31.2 Å². The molecule has 2 rings (SSSR count). The second kappa shape index (κ2) is 8.10. The smallest absolute Gasteiger partial charge is 0.351 e. The predicted octanol–water partition coefficient (Wildman–Crippen LogP) is 2.70. The molecule has 6 heteroatoms. The Morgan fingerprint density at radius 2 is 1.96 bits per heavy atom. The van der Waals surface area contributed by atoms with Gasteiger partial charge in [-0.15, -0.1) is 0 Å². The zero-order chi connectivity index (χ0) is 18.4. The fourth-order valence-corrected chi connectivity index (χ4v) is 2.14. The Balaban J connectivity index is 2.31. The summed E-state index contributed by atoms with van der Waals surface area (Å²) in [5.74, 6) is -0.947. The summed E-state index contributed by atoms with van der Waals surface area (Å²) in [7, 11) is 1.22. The molecule has 130 valence electrons. The lowest BCUT2D eigenvalue weighted by atomic mass is 10.1. The molecule has 0 radical (unpaired) electrons. The number of aryl methyl sites for hydroxylation is 2. The van der Waals surface area contributed by atoms with Crippen molar-refractivity contribution in [2.75, 3.05) is 13.7 Å². The number of allylic oxidation sites excluding steroid dienone is 1. The summed E-state index contributed by atoms with van der Waals surface area (Å²) in [6.45, 7) is 3.07. The third-order valence-corrected chi connectivity index (χ3v) is 3.33. The molecular formula is C19H18O6. The molecule has 0 amide bonds. The van der Waals surface area contributed by atoms with E-state index >= 15 is 0 Å². The second-order valence-corrected chi connectivity index (χ2v) is 5.36. The number of carbonyl (C=O) groups is 2. The Morgan fingerprint density at radius 1 is 1.20 bits per heavy atom. The van der Waals surface area contributed by atoms with Crippen molar-refractivity contribution in [2.24, 2.45) is 0 Å². The van der Waals surface area contributed by atoms with Crippen LogP contribution in [0.2, 0.25) is 0 Å². The third-order valence-electron chi connectivity index (χ3n) is 3.33. The summed E-state index contributed by atoms with van der Waals surface area (Å²) in [5, 5.41) is 0. The van der Waals surface area contributed by atoms with Crippen LogP contribution in [0.15, 0.2) is 45.6 Å². The first-order chi connectivity index (χ1) is 11.9. The van der Waals surface area contributed by atoms with Crippen LogP contribution in [-0.4, -0.2) is 25.5 Å². The molecule has 0 atom stereocenters. The lowest BCUT2D eigenvalue weighted by Crippen LogP contribution is -2.19. The maximum Gasteiger partial charge on any atom is 0.351 e. The zero-order valence-electron chi connectivity index (χ0n) is 14.2. The van der Waals surface area contributed by atoms with Crippen molar-refractivity contribution in [3.63, 3.8) is 0 Å². The number of esters is 1. The number of rotatable bonds is 6. The van der Waals surface area contributed by atoms with Crippen LogP contribution in [0.25, 0.3) is 6.08 Å². The molecule has 1 heterocycles. The number of hydrogen-bond acceptors (Lipinski definition) is 6. The summed E-state index contributed by atoms with van der Waals surface area (Å²) in [6, 6.07) is 8.92. The lowest BCUT2D eigenvalue weighted by molar-refractivity contribution is -0.142. The number of benzene rings is 1. The van der Waals surface area contributed by atoms with E-state index in [0.717, 1.165) is 11.1 Å². The van der Waals surface area contributed by atoms with Gasteiger partial charge < -0.3 is 13.9 Å². The largest absolute Gasteiger partial charge is 0.481 e. The quantitative estimate of drug-likeness (QED) is 0.456. The highest BCUT2D eigenvalue weighted by Gasteiger charge is 2.19. The van der Waals surface area contributed by atoms with E-state index in [-0.39, 0.29) is 17.1 Å². The average Bonchev–Trinajstić information content (AvgIpc) is 2.57. The van der Waals surface area contributed by atoms with Gasteiger partial charge in [0.2, 0.25) is 0 Å². The number of ether oxygens (including phenoxy) is 2. The van der Waals surface area contributed by atoms with Gasteiger partial charge in [0.25, 0.3) is 0 Å². The predicted molar refractivity (Wildman–Crippen MR) is 91.8 cm³/mol. The molecule has 0 spiro atoms. The summed E-state index contributed by atoms with van der Waals surface area (Å²) in [4.78, 5) is 35.7. The molecule has 2 aromatic rings. The molecule has 0 aliphatic carbocycles. The van der Waals surface area contributed by atoms with Gasteiger partial charge in [0.15, 0.2) is 12.4 Å². The highest BCUT2D eigenvalue weighted by molar-refractivity contribution is 6.08. The minimum Gasteiger partial charge on any atom is -0.481 e. The fourth-order valence-electron chi connectivity index (χ4n) is 2.14. The Labute approximate surface area is 144 Å². The molecule has 0 unspecified atom stereocenters. The lowest BCUT2D eigenvalue weighted by Gasteiger charge is -2.08. The van der Waals surface area contributed by atoms with Crippen LogP contribution < -0.4 is 10.4 Å². The van der Waals surface area contributed by atoms with Gasteiger partial charge in [0, 0.05) is 6.07 Å². The Hall–Kier alpha value is -3.15. The summed E-state index contributed by atoms with van der Waals surface area (Å²) < 4.78 is 14.7. The fraction of sp³-hybridized carbons (Fsp3) is 0.211. The third kappa shape index (κ3) is 4.91. The highest BCUT2D eigenvalue weighted by atomic mass is 16.6. The van der Waals surface area contributed by atoms with Crippen molar-refractivity contribution in [3.05, 3.63) is 69.3 Å². The van der Waals surface area contributed by atoms with Crippen molar-refractivity contribution in [1.29, 1.82) is 0 Å². The van der Waals surface area contributed by atoms with E-state index in [4.69, 9.17) is 9.15 Å². The Morgan fingerprint density at radius 3 is 2.64 bits per heavy atom. The van der Waals surface area contributed by atoms with Gasteiger partial charge in [-0.2, -0.15) is 0 Å². The molecule has 0 saturated carbocycles. The van der Waals surface area contributed by atoms with E-state index in [1.54, 1.807) is 13.0 Å². The van der Waals surface area contributed by atoms with E-state index in [0.29, 0.717) is 0 Å². The molecule has 6 nitrogen and oxygen atoms in total. The SMILES string of the molecule is COC(=O)COc1cc(C)oc(=O)c1C(=O)/C=C/c1cccc(C)c1. The number of carbonyl (C=O) groups excluding carboxylic acids is 2.